The summed E-state index contributed by atoms with van der Waals surface area (Å²) in [7, 11) is 0. The van der Waals surface area contributed by atoms with E-state index in [-0.39, 0.29) is 12.2 Å². The van der Waals surface area contributed by atoms with Crippen LogP contribution >= 0.6 is 0 Å². The molecule has 1 aromatic carbocycles. The van der Waals surface area contributed by atoms with Gasteiger partial charge in [-0.15, -0.1) is 0 Å². The van der Waals surface area contributed by atoms with Crippen LogP contribution in [0.2, 0.25) is 0 Å². The number of carbonyl (C=O) groups is 1. The number of benzene rings is 1. The number of rotatable bonds is 3. The zero-order valence-corrected chi connectivity index (χ0v) is 10.3. The molecule has 5 nitrogen and oxygen atoms in total. The number of hydrogen-bond donors (Lipinski definition) is 0. The number of hydrogen-bond acceptors (Lipinski definition) is 5. The minimum atomic E-state index is -0.653. The second-order valence-electron chi connectivity index (χ2n) is 3.67. The summed E-state index contributed by atoms with van der Waals surface area (Å²) in [4.78, 5) is 20.0. The Morgan fingerprint density at radius 3 is 2.84 bits per heavy atom. The van der Waals surface area contributed by atoms with E-state index in [1.54, 1.807) is 13.0 Å². The van der Waals surface area contributed by atoms with Crippen LogP contribution in [0.4, 0.5) is 0 Å². The van der Waals surface area contributed by atoms with Crippen LogP contribution in [0.1, 0.15) is 12.6 Å². The fraction of sp³-hybridized carbons (Fsp3) is 0.143. The normalized spacial score (nSPS) is 11.1. The third-order valence-corrected chi connectivity index (χ3v) is 2.38. The third-order valence-electron chi connectivity index (χ3n) is 2.38. The number of esters is 1. The smallest absolute Gasteiger partial charge is 0.348 e. The van der Waals surface area contributed by atoms with E-state index in [0.29, 0.717) is 11.2 Å². The monoisotopic (exact) mass is 253 g/mol. The van der Waals surface area contributed by atoms with E-state index in [0.717, 1.165) is 5.52 Å². The van der Waals surface area contributed by atoms with E-state index in [1.165, 1.54) is 12.3 Å². The fourth-order valence-corrected chi connectivity index (χ4v) is 1.53. The topological polar surface area (TPSA) is 75.9 Å². The van der Waals surface area contributed by atoms with Crippen molar-refractivity contribution in [3.8, 4) is 6.07 Å². The van der Waals surface area contributed by atoms with Gasteiger partial charge in [-0.3, -0.25) is 4.98 Å². The first-order chi connectivity index (χ1) is 9.24. The minimum Gasteiger partial charge on any atom is -0.462 e. The van der Waals surface area contributed by atoms with Gasteiger partial charge in [0.15, 0.2) is 0 Å². The van der Waals surface area contributed by atoms with Crippen LogP contribution in [-0.2, 0) is 9.53 Å². The van der Waals surface area contributed by atoms with Gasteiger partial charge in [0, 0.05) is 0 Å². The van der Waals surface area contributed by atoms with Gasteiger partial charge >= 0.3 is 5.97 Å². The highest BCUT2D eigenvalue weighted by Crippen LogP contribution is 2.11. The Kier molecular flexibility index (Phi) is 3.84. The van der Waals surface area contributed by atoms with E-state index in [2.05, 4.69) is 9.97 Å². The van der Waals surface area contributed by atoms with Crippen molar-refractivity contribution in [2.24, 2.45) is 0 Å². The average molecular weight is 253 g/mol. The molecular formula is C14H11N3O2. The van der Waals surface area contributed by atoms with Crippen molar-refractivity contribution in [1.29, 1.82) is 5.26 Å². The molecule has 2 aromatic rings. The number of ether oxygens (including phenoxy) is 1. The molecule has 0 spiro atoms. The summed E-state index contributed by atoms with van der Waals surface area (Å²) in [6, 6.07) is 9.17. The van der Waals surface area contributed by atoms with Crippen molar-refractivity contribution < 1.29 is 9.53 Å². The Morgan fingerprint density at radius 2 is 2.16 bits per heavy atom. The summed E-state index contributed by atoms with van der Waals surface area (Å²) in [6.07, 6.45) is 2.89. The number of fused-ring (bicyclic) bond motifs is 1. The summed E-state index contributed by atoms with van der Waals surface area (Å²) in [5, 5.41) is 8.93. The summed E-state index contributed by atoms with van der Waals surface area (Å²) < 4.78 is 4.78. The van der Waals surface area contributed by atoms with Crippen LogP contribution in [0.25, 0.3) is 17.1 Å². The number of aromatic nitrogens is 2. The first-order valence-corrected chi connectivity index (χ1v) is 5.75. The molecule has 19 heavy (non-hydrogen) atoms. The summed E-state index contributed by atoms with van der Waals surface area (Å²) in [5.74, 6) is -0.653. The lowest BCUT2D eigenvalue weighted by Crippen LogP contribution is -2.06. The van der Waals surface area contributed by atoms with Crippen molar-refractivity contribution in [2.45, 2.75) is 6.92 Å². The predicted molar refractivity (Wildman–Crippen MR) is 69.8 cm³/mol. The summed E-state index contributed by atoms with van der Waals surface area (Å²) in [6.45, 7) is 1.91. The van der Waals surface area contributed by atoms with E-state index in [1.807, 2.05) is 24.3 Å². The van der Waals surface area contributed by atoms with Crippen LogP contribution in [0.5, 0.6) is 0 Å². The van der Waals surface area contributed by atoms with Crippen molar-refractivity contribution in [2.75, 3.05) is 6.61 Å². The molecule has 2 rings (SSSR count). The van der Waals surface area contributed by atoms with Crippen molar-refractivity contribution in [1.82, 2.24) is 9.97 Å². The Bertz CT molecular complexity index is 686. The van der Waals surface area contributed by atoms with Gasteiger partial charge in [-0.2, -0.15) is 5.26 Å². The van der Waals surface area contributed by atoms with Gasteiger partial charge < -0.3 is 4.74 Å². The van der Waals surface area contributed by atoms with Crippen LogP contribution in [-0.4, -0.2) is 22.5 Å². The van der Waals surface area contributed by atoms with E-state index < -0.39 is 5.97 Å². The van der Waals surface area contributed by atoms with Crippen LogP contribution < -0.4 is 0 Å². The molecule has 0 saturated carbocycles. The second kappa shape index (κ2) is 5.74. The molecule has 5 heteroatoms. The van der Waals surface area contributed by atoms with Gasteiger partial charge in [-0.1, -0.05) is 12.1 Å². The molecule has 0 N–H and O–H groups in total. The van der Waals surface area contributed by atoms with Gasteiger partial charge in [0.2, 0.25) is 0 Å². The zero-order valence-electron chi connectivity index (χ0n) is 10.3. The van der Waals surface area contributed by atoms with Crippen LogP contribution in [0.15, 0.2) is 36.0 Å². The molecule has 0 aliphatic heterocycles. The predicted octanol–water partition coefficient (Wildman–Crippen LogP) is 2.10. The average Bonchev–Trinajstić information content (AvgIpc) is 2.44. The van der Waals surface area contributed by atoms with E-state index >= 15 is 0 Å². The molecule has 1 aromatic heterocycles. The van der Waals surface area contributed by atoms with Gasteiger partial charge in [-0.25, -0.2) is 9.78 Å². The Morgan fingerprint density at radius 1 is 1.42 bits per heavy atom. The molecule has 0 aliphatic carbocycles. The minimum absolute atomic E-state index is 0.0913. The quantitative estimate of drug-likeness (QED) is 0.475. The molecule has 1 heterocycles. The highest BCUT2D eigenvalue weighted by atomic mass is 16.5. The summed E-state index contributed by atoms with van der Waals surface area (Å²) in [5.41, 5.74) is 1.82. The van der Waals surface area contributed by atoms with E-state index in [4.69, 9.17) is 10.00 Å². The SMILES string of the molecule is CCOC(=O)/C(C#N)=C/c1cnc2ccccc2n1. The van der Waals surface area contributed by atoms with Gasteiger partial charge in [0.1, 0.15) is 11.6 Å². The molecule has 0 fully saturated rings. The zero-order chi connectivity index (χ0) is 13.7. The van der Waals surface area contributed by atoms with Gasteiger partial charge in [0.25, 0.3) is 0 Å². The van der Waals surface area contributed by atoms with Gasteiger partial charge in [-0.05, 0) is 25.1 Å². The number of para-hydroxylation sites is 2. The lowest BCUT2D eigenvalue weighted by molar-refractivity contribution is -0.137. The Labute approximate surface area is 110 Å². The molecule has 0 aliphatic rings. The summed E-state index contributed by atoms with van der Waals surface area (Å²) >= 11 is 0. The first-order valence-electron chi connectivity index (χ1n) is 5.75. The lowest BCUT2D eigenvalue weighted by atomic mass is 10.2. The van der Waals surface area contributed by atoms with Gasteiger partial charge in [0.05, 0.1) is 29.5 Å². The molecule has 0 saturated heterocycles. The highest BCUT2D eigenvalue weighted by Gasteiger charge is 2.10. The number of nitriles is 1. The lowest BCUT2D eigenvalue weighted by Gasteiger charge is -2.00. The fourth-order valence-electron chi connectivity index (χ4n) is 1.53. The third kappa shape index (κ3) is 2.93. The first kappa shape index (κ1) is 12.7. The Hall–Kier alpha value is -2.74. The van der Waals surface area contributed by atoms with Crippen molar-refractivity contribution in [3.05, 3.63) is 41.7 Å². The molecular weight excluding hydrogens is 242 g/mol. The molecule has 0 atom stereocenters. The number of nitrogens with zero attached hydrogens (tertiary/aromatic N) is 3. The largest absolute Gasteiger partial charge is 0.462 e. The van der Waals surface area contributed by atoms with Crippen molar-refractivity contribution in [3.63, 3.8) is 0 Å². The van der Waals surface area contributed by atoms with Crippen molar-refractivity contribution >= 4 is 23.1 Å². The second-order valence-corrected chi connectivity index (χ2v) is 3.67. The molecule has 0 radical (unpaired) electrons. The maximum atomic E-state index is 11.5. The molecule has 0 unspecified atom stereocenters. The van der Waals surface area contributed by atoms with Crippen LogP contribution in [0.3, 0.4) is 0 Å². The molecule has 0 bridgehead atoms. The highest BCUT2D eigenvalue weighted by molar-refractivity contribution is 5.97. The standard InChI is InChI=1S/C14H11N3O2/c1-2-19-14(18)10(8-15)7-11-9-16-12-5-3-4-6-13(12)17-11/h3-7,9H,2H2,1H3/b10-7+. The van der Waals surface area contributed by atoms with Crippen LogP contribution in [0, 0.1) is 11.3 Å². The number of carbonyl (C=O) groups excluding carboxylic acids is 1. The molecule has 94 valence electrons. The Balaban J connectivity index is 2.38. The maximum Gasteiger partial charge on any atom is 0.348 e. The maximum absolute atomic E-state index is 11.5. The van der Waals surface area contributed by atoms with E-state index in [9.17, 15) is 4.79 Å². The molecule has 0 amide bonds.